The Morgan fingerprint density at radius 3 is 2.60 bits per heavy atom. The van der Waals surface area contributed by atoms with Crippen LogP contribution in [0, 0.1) is 0 Å². The van der Waals surface area contributed by atoms with Gasteiger partial charge in [0.2, 0.25) is 10.0 Å². The van der Waals surface area contributed by atoms with Gasteiger partial charge in [0.25, 0.3) is 0 Å². The third kappa shape index (κ3) is 4.62. The molecule has 1 saturated heterocycles. The van der Waals surface area contributed by atoms with E-state index in [2.05, 4.69) is 10.0 Å². The van der Waals surface area contributed by atoms with Gasteiger partial charge in [0.15, 0.2) is 0 Å². The first-order valence-corrected chi connectivity index (χ1v) is 7.84. The lowest BCUT2D eigenvalue weighted by Gasteiger charge is -2.21. The van der Waals surface area contributed by atoms with Gasteiger partial charge in [0.1, 0.15) is 6.04 Å². The van der Waals surface area contributed by atoms with E-state index < -0.39 is 34.2 Å². The number of likely N-dealkylation sites (tertiary alicyclic amines) is 1. The second kappa shape index (κ2) is 6.86. The molecule has 0 aromatic heterocycles. The van der Waals surface area contributed by atoms with Crippen LogP contribution in [0.1, 0.15) is 13.3 Å². The summed E-state index contributed by atoms with van der Waals surface area (Å²) in [6.45, 7) is 1.69. The molecule has 0 saturated carbocycles. The third-order valence-electron chi connectivity index (χ3n) is 2.84. The Kier molecular flexibility index (Phi) is 5.72. The van der Waals surface area contributed by atoms with E-state index in [4.69, 9.17) is 5.11 Å². The molecular formula is C10H19N3O6S. The lowest BCUT2D eigenvalue weighted by molar-refractivity contribution is -0.141. The SMILES string of the molecule is CCNS(=O)(=O)CCNC(=O)N1C[C@H](O)C[C@@H]1C(=O)O. The molecule has 0 aromatic carbocycles. The summed E-state index contributed by atoms with van der Waals surface area (Å²) in [7, 11) is -3.44. The zero-order valence-electron chi connectivity index (χ0n) is 11.1. The maximum Gasteiger partial charge on any atom is 0.326 e. The summed E-state index contributed by atoms with van der Waals surface area (Å²) in [4.78, 5) is 23.7. The maximum absolute atomic E-state index is 11.8. The third-order valence-corrected chi connectivity index (χ3v) is 4.31. The molecule has 1 rings (SSSR count). The highest BCUT2D eigenvalue weighted by Crippen LogP contribution is 2.17. The number of carbonyl (C=O) groups is 2. The quantitative estimate of drug-likeness (QED) is 0.455. The topological polar surface area (TPSA) is 136 Å². The standard InChI is InChI=1S/C10H19N3O6S/c1-2-12-20(18,19)4-3-11-10(17)13-6-7(14)5-8(13)9(15)16/h7-8,12,14H,2-6H2,1H3,(H,11,17)(H,15,16)/t7-,8-/m1/s1. The van der Waals surface area contributed by atoms with Crippen molar-refractivity contribution < 1.29 is 28.2 Å². The Hall–Kier alpha value is -1.39. The number of hydrogen-bond acceptors (Lipinski definition) is 5. The first kappa shape index (κ1) is 16.7. The van der Waals surface area contributed by atoms with E-state index in [0.717, 1.165) is 4.90 Å². The summed E-state index contributed by atoms with van der Waals surface area (Å²) >= 11 is 0. The minimum absolute atomic E-state index is 0.0293. The van der Waals surface area contributed by atoms with Crippen molar-refractivity contribution in [3.63, 3.8) is 0 Å². The highest BCUT2D eigenvalue weighted by Gasteiger charge is 2.38. The number of nitrogens with zero attached hydrogens (tertiary/aromatic N) is 1. The summed E-state index contributed by atoms with van der Waals surface area (Å²) in [6, 6.07) is -1.78. The van der Waals surface area contributed by atoms with Crippen LogP contribution in [0.15, 0.2) is 0 Å². The van der Waals surface area contributed by atoms with Crippen molar-refractivity contribution in [3.05, 3.63) is 0 Å². The van der Waals surface area contributed by atoms with Crippen molar-refractivity contribution in [2.45, 2.75) is 25.5 Å². The molecule has 4 N–H and O–H groups in total. The number of β-amino-alcohol motifs (C(OH)–C–C–N with tert-alkyl or cyclic N) is 1. The number of aliphatic carboxylic acids is 1. The van der Waals surface area contributed by atoms with Crippen molar-refractivity contribution in [1.82, 2.24) is 14.9 Å². The number of hydrogen-bond donors (Lipinski definition) is 4. The van der Waals surface area contributed by atoms with E-state index in [0.29, 0.717) is 0 Å². The lowest BCUT2D eigenvalue weighted by Crippen LogP contribution is -2.47. The molecular weight excluding hydrogens is 290 g/mol. The minimum atomic E-state index is -3.44. The van der Waals surface area contributed by atoms with Gasteiger partial charge in [-0.3, -0.25) is 0 Å². The molecule has 1 aliphatic heterocycles. The van der Waals surface area contributed by atoms with Gasteiger partial charge in [0, 0.05) is 26.1 Å². The second-order valence-electron chi connectivity index (χ2n) is 4.44. The van der Waals surface area contributed by atoms with Gasteiger partial charge in [-0.05, 0) is 0 Å². The fourth-order valence-electron chi connectivity index (χ4n) is 1.96. The summed E-state index contributed by atoms with van der Waals surface area (Å²) in [5.74, 6) is -1.49. The molecule has 0 bridgehead atoms. The molecule has 1 fully saturated rings. The minimum Gasteiger partial charge on any atom is -0.480 e. The molecule has 2 amide bonds. The van der Waals surface area contributed by atoms with E-state index in [-0.39, 0.29) is 31.8 Å². The van der Waals surface area contributed by atoms with Crippen LogP contribution in [0.25, 0.3) is 0 Å². The normalized spacial score (nSPS) is 22.8. The van der Waals surface area contributed by atoms with Crippen molar-refractivity contribution in [3.8, 4) is 0 Å². The number of carboxylic acids is 1. The van der Waals surface area contributed by atoms with Crippen molar-refractivity contribution in [1.29, 1.82) is 0 Å². The summed E-state index contributed by atoms with van der Waals surface area (Å²) in [6.07, 6.45) is -0.911. The van der Waals surface area contributed by atoms with Crippen LogP contribution in [-0.2, 0) is 14.8 Å². The second-order valence-corrected chi connectivity index (χ2v) is 6.37. The summed E-state index contributed by atoms with van der Waals surface area (Å²) in [5.41, 5.74) is 0. The van der Waals surface area contributed by atoms with Crippen LogP contribution in [0.2, 0.25) is 0 Å². The summed E-state index contributed by atoms with van der Waals surface area (Å²) in [5, 5.41) is 20.7. The molecule has 20 heavy (non-hydrogen) atoms. The van der Waals surface area contributed by atoms with Crippen LogP contribution in [0.4, 0.5) is 4.79 Å². The fraction of sp³-hybridized carbons (Fsp3) is 0.800. The zero-order chi connectivity index (χ0) is 15.3. The number of carbonyl (C=O) groups excluding carboxylic acids is 1. The Bertz CT molecular complexity index is 466. The smallest absolute Gasteiger partial charge is 0.326 e. The summed E-state index contributed by atoms with van der Waals surface area (Å²) < 4.78 is 25.0. The largest absolute Gasteiger partial charge is 0.480 e. The van der Waals surface area contributed by atoms with Gasteiger partial charge < -0.3 is 20.4 Å². The van der Waals surface area contributed by atoms with E-state index >= 15 is 0 Å². The number of sulfonamides is 1. The van der Waals surface area contributed by atoms with Gasteiger partial charge in [-0.1, -0.05) is 6.92 Å². The number of rotatable bonds is 6. The number of aliphatic hydroxyl groups is 1. The number of urea groups is 1. The average Bonchev–Trinajstić information content (AvgIpc) is 2.71. The Balaban J connectivity index is 2.48. The van der Waals surface area contributed by atoms with Crippen molar-refractivity contribution >= 4 is 22.0 Å². The first-order chi connectivity index (χ1) is 9.26. The zero-order valence-corrected chi connectivity index (χ0v) is 11.9. The molecule has 116 valence electrons. The number of amides is 2. The Labute approximate surface area is 117 Å². The molecule has 0 aliphatic carbocycles. The Morgan fingerprint density at radius 1 is 1.40 bits per heavy atom. The maximum atomic E-state index is 11.8. The van der Waals surface area contributed by atoms with Gasteiger partial charge in [-0.2, -0.15) is 0 Å². The van der Waals surface area contributed by atoms with Gasteiger partial charge in [-0.15, -0.1) is 0 Å². The highest BCUT2D eigenvalue weighted by molar-refractivity contribution is 7.89. The average molecular weight is 309 g/mol. The molecule has 9 nitrogen and oxygen atoms in total. The van der Waals surface area contributed by atoms with Crippen molar-refractivity contribution in [2.24, 2.45) is 0 Å². The first-order valence-electron chi connectivity index (χ1n) is 6.19. The fourth-order valence-corrected chi connectivity index (χ4v) is 2.91. The predicted molar refractivity (Wildman–Crippen MR) is 69.6 cm³/mol. The van der Waals surface area contributed by atoms with Gasteiger partial charge in [0.05, 0.1) is 11.9 Å². The molecule has 0 unspecified atom stereocenters. The van der Waals surface area contributed by atoms with Crippen LogP contribution in [0.5, 0.6) is 0 Å². The monoisotopic (exact) mass is 309 g/mol. The van der Waals surface area contributed by atoms with Crippen LogP contribution in [0.3, 0.4) is 0 Å². The van der Waals surface area contributed by atoms with Crippen LogP contribution in [-0.4, -0.2) is 73.1 Å². The molecule has 1 heterocycles. The van der Waals surface area contributed by atoms with E-state index in [9.17, 15) is 23.1 Å². The Morgan fingerprint density at radius 2 is 2.05 bits per heavy atom. The highest BCUT2D eigenvalue weighted by atomic mass is 32.2. The molecule has 2 atom stereocenters. The van der Waals surface area contributed by atoms with Crippen LogP contribution >= 0.6 is 0 Å². The lowest BCUT2D eigenvalue weighted by atomic mass is 10.2. The molecule has 1 aliphatic rings. The predicted octanol–water partition coefficient (Wildman–Crippen LogP) is -1.84. The molecule has 10 heteroatoms. The molecule has 0 aromatic rings. The number of aliphatic hydroxyl groups excluding tert-OH is 1. The molecule has 0 spiro atoms. The number of carboxylic acid groups (broad SMARTS) is 1. The van der Waals surface area contributed by atoms with E-state index in [1.807, 2.05) is 0 Å². The van der Waals surface area contributed by atoms with Crippen LogP contribution < -0.4 is 10.0 Å². The van der Waals surface area contributed by atoms with E-state index in [1.54, 1.807) is 6.92 Å². The van der Waals surface area contributed by atoms with Gasteiger partial charge in [-0.25, -0.2) is 22.7 Å². The van der Waals surface area contributed by atoms with Gasteiger partial charge >= 0.3 is 12.0 Å². The van der Waals surface area contributed by atoms with E-state index in [1.165, 1.54) is 0 Å². The van der Waals surface area contributed by atoms with Crippen molar-refractivity contribution in [2.75, 3.05) is 25.4 Å². The number of nitrogens with one attached hydrogen (secondary N) is 2. The molecule has 0 radical (unpaired) electrons.